The van der Waals surface area contributed by atoms with Crippen molar-refractivity contribution in [1.82, 2.24) is 14.9 Å². The highest BCUT2D eigenvalue weighted by molar-refractivity contribution is 5.77. The van der Waals surface area contributed by atoms with Crippen LogP contribution < -0.4 is 5.32 Å². The summed E-state index contributed by atoms with van der Waals surface area (Å²) < 4.78 is 41.3. The maximum atomic E-state index is 13.4. The van der Waals surface area contributed by atoms with Crippen LogP contribution in [0.2, 0.25) is 0 Å². The first-order chi connectivity index (χ1) is 11.2. The normalized spacial score (nSPS) is 20.0. The van der Waals surface area contributed by atoms with Gasteiger partial charge in [0.25, 0.3) is 0 Å². The highest BCUT2D eigenvalue weighted by Gasteiger charge is 2.58. The summed E-state index contributed by atoms with van der Waals surface area (Å²) in [6.07, 6.45) is 3.13. The molecule has 0 bridgehead atoms. The lowest BCUT2D eigenvalue weighted by Gasteiger charge is -2.30. The second-order valence-electron chi connectivity index (χ2n) is 6.51. The second-order valence-corrected chi connectivity index (χ2v) is 6.51. The molecule has 1 saturated carbocycles. The highest BCUT2D eigenvalue weighted by atomic mass is 19.4. The Labute approximate surface area is 139 Å². The Balaban J connectivity index is 2.09. The van der Waals surface area contributed by atoms with Gasteiger partial charge in [-0.05, 0) is 12.8 Å². The van der Waals surface area contributed by atoms with Gasteiger partial charge >= 0.3 is 6.18 Å². The van der Waals surface area contributed by atoms with Gasteiger partial charge in [0, 0.05) is 25.5 Å². The highest BCUT2D eigenvalue weighted by Crippen LogP contribution is 2.40. The van der Waals surface area contributed by atoms with E-state index in [1.54, 1.807) is 0 Å². The van der Waals surface area contributed by atoms with Crippen molar-refractivity contribution in [2.75, 3.05) is 0 Å². The van der Waals surface area contributed by atoms with Gasteiger partial charge in [0.2, 0.25) is 11.5 Å². The summed E-state index contributed by atoms with van der Waals surface area (Å²) in [6, 6.07) is -0.128. The lowest BCUT2D eigenvalue weighted by atomic mass is 9.94. The number of nitrogens with one attached hydrogen (secondary N) is 1. The Bertz CT molecular complexity index is 551. The van der Waals surface area contributed by atoms with Gasteiger partial charge in [0.05, 0.1) is 6.42 Å². The number of hydrogen-bond donors (Lipinski definition) is 2. The Hall–Kier alpha value is -1.57. The van der Waals surface area contributed by atoms with E-state index in [1.807, 2.05) is 0 Å². The third kappa shape index (κ3) is 4.28. The van der Waals surface area contributed by atoms with E-state index in [2.05, 4.69) is 10.3 Å². The monoisotopic (exact) mass is 347 g/mol. The molecule has 0 aromatic carbocycles. The Morgan fingerprint density at radius 1 is 1.29 bits per heavy atom. The van der Waals surface area contributed by atoms with Gasteiger partial charge < -0.3 is 15.0 Å². The summed E-state index contributed by atoms with van der Waals surface area (Å²) in [7, 11) is 1.35. The van der Waals surface area contributed by atoms with Crippen molar-refractivity contribution in [1.29, 1.82) is 0 Å². The molecule has 0 unspecified atom stereocenters. The summed E-state index contributed by atoms with van der Waals surface area (Å²) in [5.74, 6) is -1.38. The zero-order valence-corrected chi connectivity index (χ0v) is 13.8. The summed E-state index contributed by atoms with van der Waals surface area (Å²) in [5, 5.41) is 12.9. The number of carbonyl (C=O) groups is 1. The van der Waals surface area contributed by atoms with Crippen LogP contribution in [0.15, 0.2) is 12.4 Å². The molecule has 0 saturated heterocycles. The van der Waals surface area contributed by atoms with Crippen LogP contribution in [0.1, 0.15) is 57.2 Å². The maximum absolute atomic E-state index is 13.4. The maximum Gasteiger partial charge on any atom is 0.425 e. The lowest BCUT2D eigenvalue weighted by molar-refractivity contribution is -0.271. The first-order valence-corrected chi connectivity index (χ1v) is 8.30. The quantitative estimate of drug-likeness (QED) is 0.880. The van der Waals surface area contributed by atoms with E-state index >= 15 is 0 Å². The van der Waals surface area contributed by atoms with Crippen LogP contribution in [-0.2, 0) is 17.4 Å². The molecular formula is C16H24F3N3O2. The van der Waals surface area contributed by atoms with E-state index in [0.717, 1.165) is 49.5 Å². The van der Waals surface area contributed by atoms with Crippen LogP contribution >= 0.6 is 0 Å². The number of amides is 1. The minimum atomic E-state index is -5.00. The molecular weight excluding hydrogens is 323 g/mol. The van der Waals surface area contributed by atoms with E-state index in [1.165, 1.54) is 19.4 Å². The zero-order valence-electron chi connectivity index (χ0n) is 13.8. The van der Waals surface area contributed by atoms with Gasteiger partial charge in [-0.3, -0.25) is 4.79 Å². The smallest absolute Gasteiger partial charge is 0.374 e. The van der Waals surface area contributed by atoms with Crippen LogP contribution in [-0.4, -0.2) is 32.8 Å². The van der Waals surface area contributed by atoms with Crippen LogP contribution in [0, 0.1) is 0 Å². The standard InChI is InChI=1S/C16H24F3N3O2/c1-22-10-9-20-14(22)15(24,16(17,18)19)11-13(23)21-12-7-5-3-2-4-6-8-12/h9-10,12,24H,2-8,11H2,1H3,(H,21,23)/t15-/m1/s1. The summed E-state index contributed by atoms with van der Waals surface area (Å²) in [6.45, 7) is 0. The van der Waals surface area contributed by atoms with E-state index in [9.17, 15) is 23.1 Å². The van der Waals surface area contributed by atoms with Gasteiger partial charge in [-0.15, -0.1) is 0 Å². The van der Waals surface area contributed by atoms with Crippen LogP contribution in [0.4, 0.5) is 13.2 Å². The number of hydrogen-bond acceptors (Lipinski definition) is 3. The first kappa shape index (κ1) is 18.8. The van der Waals surface area contributed by atoms with Crippen LogP contribution in [0.3, 0.4) is 0 Å². The van der Waals surface area contributed by atoms with Crippen molar-refractivity contribution in [3.05, 3.63) is 18.2 Å². The van der Waals surface area contributed by atoms with Crippen molar-refractivity contribution in [3.63, 3.8) is 0 Å². The van der Waals surface area contributed by atoms with Gasteiger partial charge in [0.15, 0.2) is 5.82 Å². The molecule has 0 aliphatic heterocycles. The molecule has 24 heavy (non-hydrogen) atoms. The van der Waals surface area contributed by atoms with E-state index in [-0.39, 0.29) is 6.04 Å². The number of rotatable bonds is 4. The van der Waals surface area contributed by atoms with Gasteiger partial charge in [0.1, 0.15) is 0 Å². The molecule has 136 valence electrons. The Morgan fingerprint density at radius 3 is 2.38 bits per heavy atom. The largest absolute Gasteiger partial charge is 0.425 e. The van der Waals surface area contributed by atoms with Crippen LogP contribution in [0.5, 0.6) is 0 Å². The molecule has 0 radical (unpaired) electrons. The Morgan fingerprint density at radius 2 is 1.88 bits per heavy atom. The summed E-state index contributed by atoms with van der Waals surface area (Å²) >= 11 is 0. The molecule has 1 heterocycles. The molecule has 1 aromatic rings. The van der Waals surface area contributed by atoms with Crippen LogP contribution in [0.25, 0.3) is 0 Å². The first-order valence-electron chi connectivity index (χ1n) is 8.30. The predicted molar refractivity (Wildman–Crippen MR) is 82.0 cm³/mol. The van der Waals surface area contributed by atoms with E-state index in [0.29, 0.717) is 0 Å². The van der Waals surface area contributed by atoms with Gasteiger partial charge in [-0.25, -0.2) is 4.98 Å². The minimum Gasteiger partial charge on any atom is -0.374 e. The fourth-order valence-electron chi connectivity index (χ4n) is 3.18. The fraction of sp³-hybridized carbons (Fsp3) is 0.750. The zero-order chi connectivity index (χ0) is 17.8. The molecule has 1 fully saturated rings. The number of halogens is 3. The molecule has 2 N–H and O–H groups in total. The second kappa shape index (κ2) is 7.55. The average Bonchev–Trinajstić information content (AvgIpc) is 2.87. The minimum absolute atomic E-state index is 0.128. The third-order valence-electron chi connectivity index (χ3n) is 4.55. The molecule has 1 aromatic heterocycles. The number of aryl methyl sites for hydroxylation is 1. The molecule has 5 nitrogen and oxygen atoms in total. The molecule has 1 aliphatic carbocycles. The molecule has 0 spiro atoms. The number of carbonyl (C=O) groups excluding carboxylic acids is 1. The molecule has 8 heteroatoms. The fourth-order valence-corrected chi connectivity index (χ4v) is 3.18. The topological polar surface area (TPSA) is 67.1 Å². The SMILES string of the molecule is Cn1ccnc1[C@](O)(CC(=O)NC1CCCCCCC1)C(F)(F)F. The summed E-state index contributed by atoms with van der Waals surface area (Å²) in [5.41, 5.74) is -3.29. The van der Waals surface area contributed by atoms with Crippen molar-refractivity contribution >= 4 is 5.91 Å². The van der Waals surface area contributed by atoms with Crippen molar-refractivity contribution in [2.24, 2.45) is 7.05 Å². The van der Waals surface area contributed by atoms with Crippen molar-refractivity contribution in [2.45, 2.75) is 69.2 Å². The molecule has 1 amide bonds. The number of nitrogens with zero attached hydrogens (tertiary/aromatic N) is 2. The third-order valence-corrected chi connectivity index (χ3v) is 4.55. The Kier molecular flexibility index (Phi) is 5.90. The number of alkyl halides is 3. The van der Waals surface area contributed by atoms with Crippen molar-refractivity contribution in [3.8, 4) is 0 Å². The average molecular weight is 347 g/mol. The lowest BCUT2D eigenvalue weighted by Crippen LogP contribution is -2.49. The molecule has 1 aliphatic rings. The predicted octanol–water partition coefficient (Wildman–Crippen LogP) is 2.79. The number of aliphatic hydroxyl groups is 1. The number of imidazole rings is 1. The van der Waals surface area contributed by atoms with Gasteiger partial charge in [-0.2, -0.15) is 13.2 Å². The number of aromatic nitrogens is 2. The van der Waals surface area contributed by atoms with E-state index in [4.69, 9.17) is 0 Å². The van der Waals surface area contributed by atoms with Gasteiger partial charge in [-0.1, -0.05) is 32.1 Å². The molecule has 1 atom stereocenters. The molecule has 2 rings (SSSR count). The van der Waals surface area contributed by atoms with Crippen molar-refractivity contribution < 1.29 is 23.1 Å². The van der Waals surface area contributed by atoms with E-state index < -0.39 is 29.9 Å². The summed E-state index contributed by atoms with van der Waals surface area (Å²) in [4.78, 5) is 15.8.